The van der Waals surface area contributed by atoms with Crippen molar-refractivity contribution < 1.29 is 36.6 Å². The number of ether oxygens (including phenoxy) is 3. The minimum atomic E-state index is -4.93. The first kappa shape index (κ1) is 44.0. The second-order valence-electron chi connectivity index (χ2n) is 17.8. The molecule has 0 radical (unpaired) electrons. The Bertz CT molecular complexity index is 2830. The van der Waals surface area contributed by atoms with Gasteiger partial charge in [-0.15, -0.1) is 44.9 Å². The van der Waals surface area contributed by atoms with E-state index in [0.29, 0.717) is 38.0 Å². The summed E-state index contributed by atoms with van der Waals surface area (Å²) in [6.07, 6.45) is 5.00. The molecule has 2 aromatic carbocycles. The molecule has 2 aliphatic carbocycles. The van der Waals surface area contributed by atoms with Crippen molar-refractivity contribution in [3.8, 4) is 28.3 Å². The number of aliphatic imine (C=N–C) groups is 1. The molecular weight excluding hydrogens is 886 g/mol. The van der Waals surface area contributed by atoms with E-state index in [0.717, 1.165) is 89.9 Å². The quantitative estimate of drug-likeness (QED) is 0.131. The molecule has 0 unspecified atom stereocenters. The third kappa shape index (κ3) is 9.18. The highest BCUT2D eigenvalue weighted by Gasteiger charge is 2.47. The first-order valence-corrected chi connectivity index (χ1v) is 23.2. The summed E-state index contributed by atoms with van der Waals surface area (Å²) < 4.78 is 62.7. The Kier molecular flexibility index (Phi) is 11.7. The van der Waals surface area contributed by atoms with Crippen molar-refractivity contribution in [1.29, 1.82) is 5.26 Å². The van der Waals surface area contributed by atoms with Crippen LogP contribution in [0.1, 0.15) is 113 Å². The van der Waals surface area contributed by atoms with Crippen molar-refractivity contribution in [2.45, 2.75) is 109 Å². The minimum absolute atomic E-state index is 0.114. The van der Waals surface area contributed by atoms with Crippen LogP contribution in [0.5, 0.6) is 17.2 Å². The molecular formula is C48H47F3N10O5S. The highest BCUT2D eigenvalue weighted by molar-refractivity contribution is 7.15. The Morgan fingerprint density at radius 1 is 0.940 bits per heavy atom. The molecule has 15 nitrogen and oxygen atoms in total. The number of rotatable bonds is 11. The molecule has 2 saturated carbocycles. The van der Waals surface area contributed by atoms with Gasteiger partial charge >= 0.3 is 6.36 Å². The van der Waals surface area contributed by atoms with Crippen LogP contribution < -0.4 is 24.4 Å². The fourth-order valence-corrected chi connectivity index (χ4v) is 11.0. The normalized spacial score (nSPS) is 20.2. The second kappa shape index (κ2) is 17.8. The number of anilines is 1. The summed E-state index contributed by atoms with van der Waals surface area (Å²) >= 11 is 1.73. The van der Waals surface area contributed by atoms with Gasteiger partial charge in [-0.25, -0.2) is 4.98 Å². The lowest BCUT2D eigenvalue weighted by molar-refractivity contribution is -0.274. The molecule has 4 aromatic heterocycles. The highest BCUT2D eigenvalue weighted by Crippen LogP contribution is 2.51. The minimum Gasteiger partial charge on any atom is -0.490 e. The first-order valence-electron chi connectivity index (χ1n) is 22.4. The number of aromatic nitrogens is 6. The van der Waals surface area contributed by atoms with E-state index in [1.807, 2.05) is 25.1 Å². The third-order valence-electron chi connectivity index (χ3n) is 13.5. The van der Waals surface area contributed by atoms with E-state index in [4.69, 9.17) is 24.1 Å². The van der Waals surface area contributed by atoms with Crippen LogP contribution in [-0.2, 0) is 6.42 Å². The molecule has 1 atom stereocenters. The van der Waals surface area contributed by atoms with E-state index in [1.54, 1.807) is 35.9 Å². The molecule has 4 aliphatic rings. The number of hydrogen-bond donors (Lipinski definition) is 1. The molecule has 10 rings (SSSR count). The van der Waals surface area contributed by atoms with Crippen LogP contribution in [0.15, 0.2) is 76.5 Å². The predicted octanol–water partition coefficient (Wildman–Crippen LogP) is 8.89. The van der Waals surface area contributed by atoms with Crippen LogP contribution >= 0.6 is 11.3 Å². The van der Waals surface area contributed by atoms with Crippen LogP contribution in [0.25, 0.3) is 5.00 Å². The number of nitrogens with zero attached hydrogens (tertiary/aromatic N) is 9. The number of nitriles is 1. The van der Waals surface area contributed by atoms with Gasteiger partial charge in [0, 0.05) is 41.2 Å². The summed E-state index contributed by atoms with van der Waals surface area (Å²) in [5.74, 6) is 2.99. The third-order valence-corrected chi connectivity index (χ3v) is 14.7. The Morgan fingerprint density at radius 2 is 1.69 bits per heavy atom. The van der Waals surface area contributed by atoms with E-state index in [9.17, 15) is 18.0 Å². The fraction of sp³-hybridized carbons (Fsp3) is 0.417. The smallest absolute Gasteiger partial charge is 0.490 e. The van der Waals surface area contributed by atoms with Crippen molar-refractivity contribution in [3.63, 3.8) is 0 Å². The molecule has 1 N–H and O–H groups in total. The van der Waals surface area contributed by atoms with Crippen molar-refractivity contribution in [1.82, 2.24) is 35.3 Å². The number of alkyl halides is 3. The number of nitrogens with one attached hydrogen (secondary N) is 1. The van der Waals surface area contributed by atoms with Crippen molar-refractivity contribution >= 4 is 28.8 Å². The summed E-state index contributed by atoms with van der Waals surface area (Å²) in [5, 5.41) is 31.0. The standard InChI is InChI=1S/C48H47F3N10O5S/c1-27-28(2)67-46-42(27)43(55-38(23-41-53-18-21-63-41)44-59-56-29(3)61(44)46)30-4-9-33(10-5-30)65-36-24-47(25-36)16-19-60(20-17-47)40-15-14-37(57-58-40)45(62)54-32-7-12-34(13-8-32)64-35-11-6-31(26-52)39(22-35)66-48(49,50)51/h4-6,9-11,14-15,18,21-22,32,34,36,38H,7-8,12-13,16-17,19-20,23-25H2,1-3H3,(H,54,62)/t32?,34?,38-/m0/s1. The van der Waals surface area contributed by atoms with Gasteiger partial charge in [-0.1, -0.05) is 0 Å². The number of oxazole rings is 1. The highest BCUT2D eigenvalue weighted by atomic mass is 32.1. The van der Waals surface area contributed by atoms with Crippen molar-refractivity contribution in [3.05, 3.63) is 117 Å². The Balaban J connectivity index is 0.699. The molecule has 67 heavy (non-hydrogen) atoms. The molecule has 2 aliphatic heterocycles. The zero-order valence-corrected chi connectivity index (χ0v) is 37.9. The van der Waals surface area contributed by atoms with Crippen molar-refractivity contribution in [2.75, 3.05) is 18.0 Å². The molecule has 6 heterocycles. The first-order chi connectivity index (χ1) is 32.3. The van der Waals surface area contributed by atoms with Gasteiger partial charge in [0.1, 0.15) is 40.7 Å². The number of benzene rings is 2. The van der Waals surface area contributed by atoms with E-state index < -0.39 is 12.1 Å². The topological polar surface area (TPSA) is 179 Å². The van der Waals surface area contributed by atoms with Gasteiger partial charge in [-0.05, 0) is 132 Å². The zero-order valence-electron chi connectivity index (χ0n) is 37.0. The molecule has 3 fully saturated rings. The fourth-order valence-electron chi connectivity index (χ4n) is 9.80. The summed E-state index contributed by atoms with van der Waals surface area (Å²) in [4.78, 5) is 26.3. The maximum Gasteiger partial charge on any atom is 0.573 e. The maximum atomic E-state index is 13.1. The molecule has 1 amide bonds. The van der Waals surface area contributed by atoms with Gasteiger partial charge in [-0.2, -0.15) is 5.26 Å². The molecule has 0 bridgehead atoms. The van der Waals surface area contributed by atoms with Crippen molar-refractivity contribution in [2.24, 2.45) is 10.4 Å². The Morgan fingerprint density at radius 3 is 2.37 bits per heavy atom. The van der Waals surface area contributed by atoms with Crippen LogP contribution in [0.4, 0.5) is 19.0 Å². The molecule has 1 spiro atoms. The number of piperidine rings is 1. The molecule has 19 heteroatoms. The predicted molar refractivity (Wildman–Crippen MR) is 240 cm³/mol. The van der Waals surface area contributed by atoms with E-state index >= 15 is 0 Å². The number of carbonyl (C=O) groups excluding carboxylic acids is 1. The second-order valence-corrected chi connectivity index (χ2v) is 19.0. The average molecular weight is 933 g/mol. The molecule has 1 saturated heterocycles. The number of halogens is 3. The van der Waals surface area contributed by atoms with Gasteiger partial charge in [0.25, 0.3) is 5.91 Å². The SMILES string of the molecule is Cc1sc2c(c1C)C(c1ccc(OC3CC4(CCN(c5ccc(C(=O)NC6CCC(Oc7ccc(C#N)c(OC(F)(F)F)c7)CC6)nn5)CC4)C3)cc1)=N[C@@H](Cc1ncco1)c1nnc(C)n1-2. The van der Waals surface area contributed by atoms with Crippen LogP contribution in [-0.4, -0.2) is 79.3 Å². The van der Waals surface area contributed by atoms with E-state index in [-0.39, 0.29) is 52.6 Å². The van der Waals surface area contributed by atoms with Gasteiger partial charge in [0.2, 0.25) is 0 Å². The van der Waals surface area contributed by atoms with Crippen LogP contribution in [0, 0.1) is 37.5 Å². The number of fused-ring (bicyclic) bond motifs is 3. The lowest BCUT2D eigenvalue weighted by atomic mass is 9.61. The number of amides is 1. The molecule has 346 valence electrons. The largest absolute Gasteiger partial charge is 0.573 e. The van der Waals surface area contributed by atoms with Crippen LogP contribution in [0.3, 0.4) is 0 Å². The lowest BCUT2D eigenvalue weighted by Gasteiger charge is -2.51. The number of carbonyl (C=O) groups is 1. The summed E-state index contributed by atoms with van der Waals surface area (Å²) in [7, 11) is 0. The number of thiophene rings is 1. The Labute approximate surface area is 388 Å². The maximum absolute atomic E-state index is 13.1. The summed E-state index contributed by atoms with van der Waals surface area (Å²) in [5.41, 5.74) is 4.38. The lowest BCUT2D eigenvalue weighted by Crippen LogP contribution is -2.51. The summed E-state index contributed by atoms with van der Waals surface area (Å²) in [6.45, 7) is 7.93. The zero-order chi connectivity index (χ0) is 46.5. The van der Waals surface area contributed by atoms with Gasteiger partial charge in [0.15, 0.2) is 29.0 Å². The molecule has 6 aromatic rings. The Hall–Kier alpha value is -6.81. The van der Waals surface area contributed by atoms with Gasteiger partial charge in [0.05, 0.1) is 36.1 Å². The summed E-state index contributed by atoms with van der Waals surface area (Å²) in [6, 6.07) is 16.8. The van der Waals surface area contributed by atoms with Gasteiger partial charge in [-0.3, -0.25) is 14.4 Å². The monoisotopic (exact) mass is 932 g/mol. The van der Waals surface area contributed by atoms with Gasteiger partial charge < -0.3 is 28.8 Å². The van der Waals surface area contributed by atoms with E-state index in [2.05, 4.69) is 70.9 Å². The number of hydrogen-bond acceptors (Lipinski definition) is 14. The van der Waals surface area contributed by atoms with E-state index in [1.165, 1.54) is 22.6 Å². The van der Waals surface area contributed by atoms with Crippen LogP contribution in [0.2, 0.25) is 0 Å². The average Bonchev–Trinajstić information content (AvgIpc) is 4.02. The number of aryl methyl sites for hydroxylation is 2.